The summed E-state index contributed by atoms with van der Waals surface area (Å²) in [7, 11) is -3.25. The van der Waals surface area contributed by atoms with Gasteiger partial charge in [-0.1, -0.05) is 12.1 Å². The minimum Gasteiger partial charge on any atom is -0.357 e. The number of nitrogens with zero attached hydrogens (tertiary/aromatic N) is 2. The van der Waals surface area contributed by atoms with Crippen LogP contribution in [0.4, 0.5) is 4.39 Å². The van der Waals surface area contributed by atoms with Gasteiger partial charge in [-0.2, -0.15) is 11.8 Å². The van der Waals surface area contributed by atoms with Crippen LogP contribution in [0.2, 0.25) is 0 Å². The van der Waals surface area contributed by atoms with Gasteiger partial charge >= 0.3 is 0 Å². The van der Waals surface area contributed by atoms with E-state index in [1.54, 1.807) is 29.1 Å². The van der Waals surface area contributed by atoms with Crippen LogP contribution in [0.1, 0.15) is 18.1 Å². The third-order valence-corrected chi connectivity index (χ3v) is 6.83. The van der Waals surface area contributed by atoms with Crippen LogP contribution in [-0.2, 0) is 16.6 Å². The van der Waals surface area contributed by atoms with E-state index in [9.17, 15) is 12.8 Å². The normalized spacial score (nSPS) is 16.5. The summed E-state index contributed by atoms with van der Waals surface area (Å²) in [6.45, 7) is 6.08. The number of aryl methyl sites for hydroxylation is 1. The van der Waals surface area contributed by atoms with E-state index in [-0.39, 0.29) is 18.1 Å². The van der Waals surface area contributed by atoms with E-state index < -0.39 is 10.0 Å². The van der Waals surface area contributed by atoms with Crippen LogP contribution < -0.4 is 10.6 Å². The van der Waals surface area contributed by atoms with Crippen molar-refractivity contribution in [3.05, 3.63) is 35.1 Å². The van der Waals surface area contributed by atoms with Crippen molar-refractivity contribution < 1.29 is 12.8 Å². The van der Waals surface area contributed by atoms with Gasteiger partial charge in [0.15, 0.2) is 5.96 Å². The molecule has 1 fully saturated rings. The molecule has 1 aromatic rings. The second-order valence-corrected chi connectivity index (χ2v) is 9.35. The molecule has 1 saturated heterocycles. The molecule has 2 rings (SSSR count). The molecule has 0 atom stereocenters. The average Bonchev–Trinajstić information content (AvgIpc) is 2.63. The lowest BCUT2D eigenvalue weighted by Gasteiger charge is -2.25. The number of rotatable bonds is 7. The Bertz CT molecular complexity index is 719. The number of aliphatic imine (C=N–C) groups is 1. The first kappa shape index (κ1) is 21.0. The van der Waals surface area contributed by atoms with Crippen molar-refractivity contribution in [3.8, 4) is 0 Å². The summed E-state index contributed by atoms with van der Waals surface area (Å²) in [6.07, 6.45) is 0. The summed E-state index contributed by atoms with van der Waals surface area (Å²) in [6, 6.07) is 5.04. The van der Waals surface area contributed by atoms with Crippen molar-refractivity contribution in [2.24, 2.45) is 4.99 Å². The van der Waals surface area contributed by atoms with E-state index in [2.05, 4.69) is 15.6 Å². The summed E-state index contributed by atoms with van der Waals surface area (Å²) in [5.41, 5.74) is 1.37. The molecule has 0 amide bonds. The highest BCUT2D eigenvalue weighted by Gasteiger charge is 2.23. The third-order valence-electron chi connectivity index (χ3n) is 4.02. The van der Waals surface area contributed by atoms with Gasteiger partial charge in [0.25, 0.3) is 0 Å². The molecular weight excluding hydrogens is 375 g/mol. The van der Waals surface area contributed by atoms with Crippen molar-refractivity contribution in [1.29, 1.82) is 0 Å². The Balaban J connectivity index is 1.89. The van der Waals surface area contributed by atoms with Gasteiger partial charge in [-0.15, -0.1) is 0 Å². The van der Waals surface area contributed by atoms with E-state index in [1.807, 2.05) is 13.0 Å². The molecule has 0 bridgehead atoms. The lowest BCUT2D eigenvalue weighted by atomic mass is 10.1. The van der Waals surface area contributed by atoms with Gasteiger partial charge in [0.1, 0.15) is 5.82 Å². The molecule has 0 unspecified atom stereocenters. The smallest absolute Gasteiger partial charge is 0.215 e. The minimum absolute atomic E-state index is 0.0290. The van der Waals surface area contributed by atoms with Crippen LogP contribution in [0.3, 0.4) is 0 Å². The molecule has 1 heterocycles. The number of hydrogen-bond acceptors (Lipinski definition) is 4. The van der Waals surface area contributed by atoms with Crippen LogP contribution in [0.25, 0.3) is 0 Å². The van der Waals surface area contributed by atoms with E-state index in [0.717, 1.165) is 17.1 Å². The standard InChI is InChI=1S/C17H27FN4O2S2/c1-3-19-17(21-13-15-5-4-14(2)16(18)12-15)20-6-11-26(23,24)22-7-9-25-10-8-22/h4-5,12H,3,6-11,13H2,1-2H3,(H2,19,20,21). The van der Waals surface area contributed by atoms with Gasteiger partial charge < -0.3 is 10.6 Å². The Morgan fingerprint density at radius 1 is 1.31 bits per heavy atom. The molecule has 0 radical (unpaired) electrons. The first-order valence-electron chi connectivity index (χ1n) is 8.75. The summed E-state index contributed by atoms with van der Waals surface area (Å²) in [5.74, 6) is 2.01. The first-order chi connectivity index (χ1) is 12.4. The minimum atomic E-state index is -3.25. The van der Waals surface area contributed by atoms with Crippen molar-refractivity contribution in [3.63, 3.8) is 0 Å². The summed E-state index contributed by atoms with van der Waals surface area (Å²) >= 11 is 1.78. The first-order valence-corrected chi connectivity index (χ1v) is 11.5. The lowest BCUT2D eigenvalue weighted by Crippen LogP contribution is -2.44. The molecule has 1 aliphatic heterocycles. The molecule has 0 spiro atoms. The van der Waals surface area contributed by atoms with Crippen LogP contribution in [0.15, 0.2) is 23.2 Å². The average molecular weight is 403 g/mol. The van der Waals surface area contributed by atoms with E-state index >= 15 is 0 Å². The Morgan fingerprint density at radius 2 is 2.04 bits per heavy atom. The van der Waals surface area contributed by atoms with Crippen LogP contribution in [0, 0.1) is 12.7 Å². The largest absolute Gasteiger partial charge is 0.357 e. The maximum atomic E-state index is 13.6. The quantitative estimate of drug-likeness (QED) is 0.535. The highest BCUT2D eigenvalue weighted by Crippen LogP contribution is 2.13. The maximum absolute atomic E-state index is 13.6. The van der Waals surface area contributed by atoms with E-state index in [1.165, 1.54) is 6.07 Å². The van der Waals surface area contributed by atoms with E-state index in [4.69, 9.17) is 0 Å². The van der Waals surface area contributed by atoms with Gasteiger partial charge in [0.05, 0.1) is 12.3 Å². The summed E-state index contributed by atoms with van der Waals surface area (Å²) in [5, 5.41) is 6.12. The molecule has 2 N–H and O–H groups in total. The van der Waals surface area contributed by atoms with Gasteiger partial charge in [0.2, 0.25) is 10.0 Å². The van der Waals surface area contributed by atoms with E-state index in [0.29, 0.717) is 37.7 Å². The second-order valence-electron chi connectivity index (χ2n) is 6.03. The Labute approximate surface area is 159 Å². The van der Waals surface area contributed by atoms with Crippen LogP contribution >= 0.6 is 11.8 Å². The number of nitrogens with one attached hydrogen (secondary N) is 2. The SMILES string of the molecule is CCNC(=NCc1ccc(C)c(F)c1)NCCS(=O)(=O)N1CCSCC1. The van der Waals surface area contributed by atoms with Gasteiger partial charge in [0, 0.05) is 37.7 Å². The monoisotopic (exact) mass is 402 g/mol. The second kappa shape index (κ2) is 10.1. The zero-order chi connectivity index (χ0) is 19.0. The van der Waals surface area contributed by atoms with Gasteiger partial charge in [-0.05, 0) is 31.0 Å². The lowest BCUT2D eigenvalue weighted by molar-refractivity contribution is 0.443. The van der Waals surface area contributed by atoms with Crippen molar-refractivity contribution in [1.82, 2.24) is 14.9 Å². The van der Waals surface area contributed by atoms with Crippen molar-refractivity contribution in [2.45, 2.75) is 20.4 Å². The fraction of sp³-hybridized carbons (Fsp3) is 0.588. The molecule has 1 aliphatic rings. The number of guanidine groups is 1. The third kappa shape index (κ3) is 6.44. The maximum Gasteiger partial charge on any atom is 0.215 e. The fourth-order valence-corrected chi connectivity index (χ4v) is 4.99. The topological polar surface area (TPSA) is 73.8 Å². The fourth-order valence-electron chi connectivity index (χ4n) is 2.50. The van der Waals surface area contributed by atoms with Gasteiger partial charge in [-0.25, -0.2) is 22.1 Å². The Hall–Kier alpha value is -1.32. The highest BCUT2D eigenvalue weighted by molar-refractivity contribution is 7.99. The number of benzene rings is 1. The number of hydrogen-bond donors (Lipinski definition) is 2. The molecule has 0 aromatic heterocycles. The van der Waals surface area contributed by atoms with Crippen LogP contribution in [0.5, 0.6) is 0 Å². The Morgan fingerprint density at radius 3 is 2.69 bits per heavy atom. The molecule has 6 nitrogen and oxygen atoms in total. The Kier molecular flexibility index (Phi) is 8.17. The number of halogens is 1. The molecule has 0 saturated carbocycles. The predicted octanol–water partition coefficient (Wildman–Crippen LogP) is 1.57. The highest BCUT2D eigenvalue weighted by atomic mass is 32.2. The molecule has 146 valence electrons. The molecule has 0 aliphatic carbocycles. The van der Waals surface area contributed by atoms with Gasteiger partial charge in [-0.3, -0.25) is 0 Å². The zero-order valence-electron chi connectivity index (χ0n) is 15.3. The van der Waals surface area contributed by atoms with Crippen LogP contribution in [-0.4, -0.2) is 62.1 Å². The predicted molar refractivity (Wildman–Crippen MR) is 107 cm³/mol. The van der Waals surface area contributed by atoms with Crippen molar-refractivity contribution >= 4 is 27.7 Å². The van der Waals surface area contributed by atoms with Crippen molar-refractivity contribution in [2.75, 3.05) is 43.4 Å². The molecule has 26 heavy (non-hydrogen) atoms. The molecule has 9 heteroatoms. The summed E-state index contributed by atoms with van der Waals surface area (Å²) in [4.78, 5) is 4.40. The zero-order valence-corrected chi connectivity index (χ0v) is 16.9. The molecular formula is C17H27FN4O2S2. The molecule has 1 aromatic carbocycles. The number of sulfonamides is 1. The summed E-state index contributed by atoms with van der Waals surface area (Å²) < 4.78 is 39.9. The number of thioether (sulfide) groups is 1.